The zero-order chi connectivity index (χ0) is 20.4. The van der Waals surface area contributed by atoms with E-state index < -0.39 is 11.7 Å². The molecule has 2 amide bonds. The molecule has 0 radical (unpaired) electrons. The molecule has 152 valence electrons. The quantitative estimate of drug-likeness (QED) is 0.618. The predicted octanol–water partition coefficient (Wildman–Crippen LogP) is 4.04. The largest absolute Gasteiger partial charge is 0.444 e. The fraction of sp³-hybridized carbons (Fsp3) is 0.600. The minimum Gasteiger partial charge on any atom is -0.444 e. The number of aryl methyl sites for hydroxylation is 1. The molecular formula is C20H33N3O3S. The first kappa shape index (κ1) is 23.1. The van der Waals surface area contributed by atoms with Crippen molar-refractivity contribution in [3.05, 3.63) is 23.8 Å². The van der Waals surface area contributed by atoms with E-state index >= 15 is 0 Å². The van der Waals surface area contributed by atoms with Crippen molar-refractivity contribution < 1.29 is 14.3 Å². The number of benzene rings is 1. The molecule has 6 nitrogen and oxygen atoms in total. The normalized spacial score (nSPS) is 11.0. The molecule has 0 saturated heterocycles. The highest BCUT2D eigenvalue weighted by Crippen LogP contribution is 2.22. The summed E-state index contributed by atoms with van der Waals surface area (Å²) in [7, 11) is 0. The Kier molecular flexibility index (Phi) is 9.49. The average Bonchev–Trinajstić information content (AvgIpc) is 2.56. The number of carbonyl (C=O) groups excluding carboxylic acids is 2. The van der Waals surface area contributed by atoms with Crippen LogP contribution in [-0.4, -0.2) is 48.7 Å². The first-order valence-corrected chi connectivity index (χ1v) is 10.5. The lowest BCUT2D eigenvalue weighted by Gasteiger charge is -2.22. The van der Waals surface area contributed by atoms with Gasteiger partial charge in [-0.05, 0) is 65.3 Å². The van der Waals surface area contributed by atoms with Gasteiger partial charge in [0, 0.05) is 36.8 Å². The minimum absolute atomic E-state index is 0.0454. The number of hydrogen-bond donors (Lipinski definition) is 2. The Balaban J connectivity index is 2.35. The zero-order valence-electron chi connectivity index (χ0n) is 17.3. The Morgan fingerprint density at radius 3 is 2.41 bits per heavy atom. The lowest BCUT2D eigenvalue weighted by Crippen LogP contribution is -2.33. The molecule has 0 aliphatic carbocycles. The number of hydrogen-bond acceptors (Lipinski definition) is 5. The zero-order valence-corrected chi connectivity index (χ0v) is 18.2. The molecule has 0 unspecified atom stereocenters. The van der Waals surface area contributed by atoms with Crippen LogP contribution in [0.5, 0.6) is 0 Å². The van der Waals surface area contributed by atoms with E-state index in [0.29, 0.717) is 18.1 Å². The highest BCUT2D eigenvalue weighted by Gasteiger charge is 2.15. The standard InChI is InChI=1S/C20H33N3O3S/c1-7-23(8-2)16-9-10-17(15(3)13-16)22-18(24)14-27-12-11-21-19(25)26-20(4,5)6/h9-10,13H,7-8,11-12,14H2,1-6H3,(H,21,25)(H,22,24). The Hall–Kier alpha value is -1.89. The van der Waals surface area contributed by atoms with Crippen molar-refractivity contribution >= 4 is 35.1 Å². The van der Waals surface area contributed by atoms with Gasteiger partial charge in [-0.1, -0.05) is 0 Å². The molecule has 0 bridgehead atoms. The van der Waals surface area contributed by atoms with Crippen LogP contribution in [-0.2, 0) is 9.53 Å². The van der Waals surface area contributed by atoms with E-state index in [1.54, 1.807) is 0 Å². The number of anilines is 2. The van der Waals surface area contributed by atoms with Crippen LogP contribution in [0.25, 0.3) is 0 Å². The molecule has 27 heavy (non-hydrogen) atoms. The summed E-state index contributed by atoms with van der Waals surface area (Å²) in [5.74, 6) is 0.940. The molecule has 0 fully saturated rings. The first-order chi connectivity index (χ1) is 12.7. The summed E-state index contributed by atoms with van der Waals surface area (Å²) in [4.78, 5) is 25.9. The van der Waals surface area contributed by atoms with Gasteiger partial charge < -0.3 is 20.3 Å². The van der Waals surface area contributed by atoms with Crippen molar-refractivity contribution in [2.75, 3.05) is 41.4 Å². The summed E-state index contributed by atoms with van der Waals surface area (Å²) < 4.78 is 5.16. The highest BCUT2D eigenvalue weighted by molar-refractivity contribution is 7.99. The van der Waals surface area contributed by atoms with Crippen molar-refractivity contribution in [3.8, 4) is 0 Å². The summed E-state index contributed by atoms with van der Waals surface area (Å²) in [6, 6.07) is 6.09. The van der Waals surface area contributed by atoms with E-state index in [4.69, 9.17) is 4.74 Å². The van der Waals surface area contributed by atoms with Gasteiger partial charge in [-0.3, -0.25) is 4.79 Å². The molecule has 1 aromatic rings. The van der Waals surface area contributed by atoms with E-state index in [1.165, 1.54) is 11.8 Å². The van der Waals surface area contributed by atoms with Crippen LogP contribution in [0.1, 0.15) is 40.2 Å². The van der Waals surface area contributed by atoms with E-state index in [2.05, 4.69) is 35.4 Å². The third-order valence-corrected chi connectivity index (χ3v) is 4.72. The monoisotopic (exact) mass is 395 g/mol. The molecule has 0 aromatic heterocycles. The maximum absolute atomic E-state index is 12.1. The number of thioether (sulfide) groups is 1. The van der Waals surface area contributed by atoms with E-state index in [1.807, 2.05) is 39.8 Å². The number of rotatable bonds is 9. The topological polar surface area (TPSA) is 70.7 Å². The van der Waals surface area contributed by atoms with Gasteiger partial charge in [-0.25, -0.2) is 4.79 Å². The smallest absolute Gasteiger partial charge is 0.407 e. The Bertz CT molecular complexity index is 625. The molecule has 0 heterocycles. The van der Waals surface area contributed by atoms with E-state index in [-0.39, 0.29) is 5.91 Å². The summed E-state index contributed by atoms with van der Waals surface area (Å²) >= 11 is 1.47. The van der Waals surface area contributed by atoms with Gasteiger partial charge in [0.05, 0.1) is 5.75 Å². The summed E-state index contributed by atoms with van der Waals surface area (Å²) in [6.45, 7) is 14.1. The maximum Gasteiger partial charge on any atom is 0.407 e. The van der Waals surface area contributed by atoms with Gasteiger partial charge in [0.15, 0.2) is 0 Å². The lowest BCUT2D eigenvalue weighted by molar-refractivity contribution is -0.113. The van der Waals surface area contributed by atoms with Crippen molar-refractivity contribution in [1.82, 2.24) is 5.32 Å². The fourth-order valence-electron chi connectivity index (χ4n) is 2.46. The molecule has 0 saturated carbocycles. The van der Waals surface area contributed by atoms with Crippen LogP contribution in [0, 0.1) is 6.92 Å². The number of carbonyl (C=O) groups is 2. The SMILES string of the molecule is CCN(CC)c1ccc(NC(=O)CSCCNC(=O)OC(C)(C)C)c(C)c1. The van der Waals surface area contributed by atoms with Gasteiger partial charge in [-0.2, -0.15) is 11.8 Å². The average molecular weight is 396 g/mol. The summed E-state index contributed by atoms with van der Waals surface area (Å²) in [6.07, 6.45) is -0.434. The van der Waals surface area contributed by atoms with Crippen molar-refractivity contribution in [2.24, 2.45) is 0 Å². The molecule has 7 heteroatoms. The van der Waals surface area contributed by atoms with Gasteiger partial charge in [-0.15, -0.1) is 0 Å². The van der Waals surface area contributed by atoms with Crippen molar-refractivity contribution in [3.63, 3.8) is 0 Å². The molecule has 0 atom stereocenters. The number of ether oxygens (including phenoxy) is 1. The Morgan fingerprint density at radius 2 is 1.85 bits per heavy atom. The van der Waals surface area contributed by atoms with Crippen LogP contribution in [0.4, 0.5) is 16.2 Å². The van der Waals surface area contributed by atoms with Gasteiger partial charge in [0.1, 0.15) is 5.60 Å². The number of amides is 2. The van der Waals surface area contributed by atoms with Crippen LogP contribution in [0.15, 0.2) is 18.2 Å². The molecule has 0 spiro atoms. The highest BCUT2D eigenvalue weighted by atomic mass is 32.2. The third kappa shape index (κ3) is 9.04. The molecular weight excluding hydrogens is 362 g/mol. The van der Waals surface area contributed by atoms with Crippen LogP contribution < -0.4 is 15.5 Å². The van der Waals surface area contributed by atoms with Crippen LogP contribution in [0.3, 0.4) is 0 Å². The van der Waals surface area contributed by atoms with E-state index in [0.717, 1.165) is 30.0 Å². The lowest BCUT2D eigenvalue weighted by atomic mass is 10.1. The molecule has 2 N–H and O–H groups in total. The Labute approximate surface area is 167 Å². The van der Waals surface area contributed by atoms with E-state index in [9.17, 15) is 9.59 Å². The van der Waals surface area contributed by atoms with Gasteiger partial charge >= 0.3 is 6.09 Å². The first-order valence-electron chi connectivity index (χ1n) is 9.36. The molecule has 1 rings (SSSR count). The molecule has 0 aliphatic heterocycles. The molecule has 0 aliphatic rings. The van der Waals surface area contributed by atoms with Crippen LogP contribution in [0.2, 0.25) is 0 Å². The number of nitrogens with one attached hydrogen (secondary N) is 2. The van der Waals surface area contributed by atoms with Crippen molar-refractivity contribution in [2.45, 2.75) is 47.1 Å². The number of alkyl carbamates (subject to hydrolysis) is 1. The Morgan fingerprint density at radius 1 is 1.19 bits per heavy atom. The fourth-order valence-corrected chi connectivity index (χ4v) is 3.11. The number of nitrogens with zero attached hydrogens (tertiary/aromatic N) is 1. The third-order valence-electron chi connectivity index (χ3n) is 3.76. The minimum atomic E-state index is -0.504. The van der Waals surface area contributed by atoms with Gasteiger partial charge in [0.25, 0.3) is 0 Å². The van der Waals surface area contributed by atoms with Crippen LogP contribution >= 0.6 is 11.8 Å². The van der Waals surface area contributed by atoms with Crippen molar-refractivity contribution in [1.29, 1.82) is 0 Å². The second kappa shape index (κ2) is 11.1. The second-order valence-electron chi connectivity index (χ2n) is 7.20. The molecule has 1 aromatic carbocycles. The summed E-state index contributed by atoms with van der Waals surface area (Å²) in [5, 5.41) is 5.63. The summed E-state index contributed by atoms with van der Waals surface area (Å²) in [5.41, 5.74) is 2.54. The van der Waals surface area contributed by atoms with Gasteiger partial charge in [0.2, 0.25) is 5.91 Å². The predicted molar refractivity (Wildman–Crippen MR) is 115 cm³/mol. The maximum atomic E-state index is 12.1. The second-order valence-corrected chi connectivity index (χ2v) is 8.31.